The van der Waals surface area contributed by atoms with Crippen molar-refractivity contribution in [3.63, 3.8) is 0 Å². The molecule has 0 aromatic heterocycles. The van der Waals surface area contributed by atoms with Crippen molar-refractivity contribution in [1.82, 2.24) is 5.32 Å². The van der Waals surface area contributed by atoms with E-state index in [-0.39, 0.29) is 6.04 Å². The molecule has 0 spiro atoms. The quantitative estimate of drug-likeness (QED) is 0.341. The number of aliphatic hydroxyl groups excluding tert-OH is 1. The van der Waals surface area contributed by atoms with E-state index < -0.39 is 12.1 Å². The van der Waals surface area contributed by atoms with Crippen molar-refractivity contribution in [1.29, 1.82) is 0 Å². The lowest BCUT2D eigenvalue weighted by Crippen LogP contribution is -2.33. The van der Waals surface area contributed by atoms with Gasteiger partial charge >= 0.3 is 5.97 Å². The summed E-state index contributed by atoms with van der Waals surface area (Å²) in [5, 5.41) is 23.7. The number of hydrogen-bond donors (Lipinski definition) is 3. The Balaban J connectivity index is 1.61. The molecule has 4 nitrogen and oxygen atoms in total. The van der Waals surface area contributed by atoms with Gasteiger partial charge in [-0.1, -0.05) is 74.5 Å². The van der Waals surface area contributed by atoms with Crippen molar-refractivity contribution in [2.45, 2.75) is 49.5 Å². The molecule has 0 radical (unpaired) electrons. The van der Waals surface area contributed by atoms with Gasteiger partial charge in [0.2, 0.25) is 0 Å². The molecule has 3 aromatic rings. The van der Waals surface area contributed by atoms with Crippen LogP contribution in [0.2, 0.25) is 0 Å². The number of aromatic carboxylic acids is 1. The molecule has 0 aliphatic heterocycles. The van der Waals surface area contributed by atoms with Gasteiger partial charge in [0.05, 0.1) is 11.7 Å². The molecule has 0 heterocycles. The highest BCUT2D eigenvalue weighted by molar-refractivity contribution is 8.00. The minimum Gasteiger partial charge on any atom is -0.478 e. The summed E-state index contributed by atoms with van der Waals surface area (Å²) in [6.07, 6.45) is 0.323. The highest BCUT2D eigenvalue weighted by Crippen LogP contribution is 2.31. The van der Waals surface area contributed by atoms with Crippen molar-refractivity contribution in [2.24, 2.45) is 0 Å². The van der Waals surface area contributed by atoms with Crippen LogP contribution in [0.4, 0.5) is 0 Å². The molecule has 0 unspecified atom stereocenters. The summed E-state index contributed by atoms with van der Waals surface area (Å²) in [4.78, 5) is 12.3. The van der Waals surface area contributed by atoms with E-state index in [1.54, 1.807) is 17.8 Å². The summed E-state index contributed by atoms with van der Waals surface area (Å²) in [6, 6.07) is 23.6. The molecular weight excluding hydrogens is 418 g/mol. The van der Waals surface area contributed by atoms with E-state index in [0.29, 0.717) is 10.8 Å². The average molecular weight is 450 g/mol. The normalized spacial score (nSPS) is 13.2. The van der Waals surface area contributed by atoms with Gasteiger partial charge in [0, 0.05) is 16.2 Å². The zero-order valence-corrected chi connectivity index (χ0v) is 19.6. The number of carboxylic acid groups (broad SMARTS) is 1. The van der Waals surface area contributed by atoms with Crippen molar-refractivity contribution in [3.8, 4) is 11.1 Å². The second kappa shape index (κ2) is 11.3. The fraction of sp³-hybridized carbons (Fsp3) is 0.296. The Labute approximate surface area is 194 Å². The highest BCUT2D eigenvalue weighted by atomic mass is 32.2. The number of rotatable bonds is 10. The van der Waals surface area contributed by atoms with Crippen molar-refractivity contribution in [3.05, 3.63) is 89.5 Å². The molecule has 0 saturated heterocycles. The summed E-state index contributed by atoms with van der Waals surface area (Å²) >= 11 is 1.57. The Kier molecular flexibility index (Phi) is 8.51. The van der Waals surface area contributed by atoms with E-state index in [2.05, 4.69) is 43.4 Å². The Hall–Kier alpha value is -2.60. The number of nitrogens with one attached hydrogen (secondary N) is 1. The molecule has 0 aliphatic rings. The topological polar surface area (TPSA) is 69.6 Å². The average Bonchev–Trinajstić information content (AvgIpc) is 2.79. The first kappa shape index (κ1) is 24.1. The van der Waals surface area contributed by atoms with E-state index in [1.807, 2.05) is 49.4 Å². The second-order valence-electron chi connectivity index (χ2n) is 8.23. The van der Waals surface area contributed by atoms with Gasteiger partial charge in [-0.05, 0) is 54.3 Å². The predicted octanol–water partition coefficient (Wildman–Crippen LogP) is 5.81. The Morgan fingerprint density at radius 3 is 2.22 bits per heavy atom. The van der Waals surface area contributed by atoms with Gasteiger partial charge in [-0.15, -0.1) is 11.8 Å². The fourth-order valence-corrected chi connectivity index (χ4v) is 4.57. The number of carbonyl (C=O) groups is 1. The Bertz CT molecular complexity index is 1020. The third-order valence-electron chi connectivity index (χ3n) is 5.36. The van der Waals surface area contributed by atoms with E-state index in [9.17, 15) is 15.0 Å². The van der Waals surface area contributed by atoms with Crippen LogP contribution in [0.3, 0.4) is 0 Å². The van der Waals surface area contributed by atoms with Crippen LogP contribution < -0.4 is 5.32 Å². The first-order chi connectivity index (χ1) is 15.3. The lowest BCUT2D eigenvalue weighted by molar-refractivity contribution is 0.0693. The fourth-order valence-electron chi connectivity index (χ4n) is 3.59. The summed E-state index contributed by atoms with van der Waals surface area (Å²) in [5.74, 6) is -0.894. The Morgan fingerprint density at radius 1 is 0.938 bits per heavy atom. The minimum atomic E-state index is -0.894. The number of carboxylic acids is 1. The molecule has 0 bridgehead atoms. The van der Waals surface area contributed by atoms with Gasteiger partial charge < -0.3 is 15.5 Å². The molecule has 0 aliphatic carbocycles. The smallest absolute Gasteiger partial charge is 0.336 e. The molecule has 5 heteroatoms. The zero-order chi connectivity index (χ0) is 23.1. The third kappa shape index (κ3) is 6.45. The lowest BCUT2D eigenvalue weighted by atomic mass is 10.0. The second-order valence-corrected chi connectivity index (χ2v) is 9.85. The first-order valence-electron chi connectivity index (χ1n) is 10.9. The van der Waals surface area contributed by atoms with Crippen LogP contribution in [-0.4, -0.2) is 34.0 Å². The van der Waals surface area contributed by atoms with Gasteiger partial charge in [0.15, 0.2) is 0 Å². The maximum atomic E-state index is 11.5. The summed E-state index contributed by atoms with van der Waals surface area (Å²) < 4.78 is 0. The molecule has 0 saturated carbocycles. The molecule has 2 atom stereocenters. The third-order valence-corrected chi connectivity index (χ3v) is 6.42. The van der Waals surface area contributed by atoms with E-state index in [0.717, 1.165) is 34.6 Å². The van der Waals surface area contributed by atoms with Crippen LogP contribution in [0.1, 0.15) is 48.4 Å². The van der Waals surface area contributed by atoms with Gasteiger partial charge in [0.25, 0.3) is 0 Å². The molecule has 3 aromatic carbocycles. The van der Waals surface area contributed by atoms with Gasteiger partial charge in [-0.2, -0.15) is 0 Å². The van der Waals surface area contributed by atoms with Crippen LogP contribution >= 0.6 is 11.8 Å². The first-order valence-corrected chi connectivity index (χ1v) is 11.8. The molecule has 3 rings (SSSR count). The predicted molar refractivity (Wildman–Crippen MR) is 132 cm³/mol. The highest BCUT2D eigenvalue weighted by Gasteiger charge is 2.15. The van der Waals surface area contributed by atoms with Crippen LogP contribution in [-0.2, 0) is 6.42 Å². The summed E-state index contributed by atoms with van der Waals surface area (Å²) in [5.41, 5.74) is 4.56. The SMILES string of the molecule is CC(C)Sc1cc(-c2ccc(CCN[C@@H](C)[C@H](O)c3ccccc3)cc2)ccc1C(=O)O. The number of benzene rings is 3. The van der Waals surface area contributed by atoms with Crippen LogP contribution in [0, 0.1) is 0 Å². The van der Waals surface area contributed by atoms with Gasteiger partial charge in [0.1, 0.15) is 0 Å². The van der Waals surface area contributed by atoms with Crippen LogP contribution in [0.5, 0.6) is 0 Å². The van der Waals surface area contributed by atoms with E-state index >= 15 is 0 Å². The van der Waals surface area contributed by atoms with Crippen LogP contribution in [0.25, 0.3) is 11.1 Å². The maximum absolute atomic E-state index is 11.5. The van der Waals surface area contributed by atoms with Crippen molar-refractivity contribution < 1.29 is 15.0 Å². The number of aliphatic hydroxyl groups is 1. The lowest BCUT2D eigenvalue weighted by Gasteiger charge is -2.20. The minimum absolute atomic E-state index is 0.0405. The van der Waals surface area contributed by atoms with Gasteiger partial charge in [-0.3, -0.25) is 0 Å². The maximum Gasteiger partial charge on any atom is 0.336 e. The van der Waals surface area contributed by atoms with E-state index in [4.69, 9.17) is 0 Å². The van der Waals surface area contributed by atoms with Crippen LogP contribution in [0.15, 0.2) is 77.7 Å². The number of hydrogen-bond acceptors (Lipinski definition) is 4. The monoisotopic (exact) mass is 449 g/mol. The molecule has 0 amide bonds. The largest absolute Gasteiger partial charge is 0.478 e. The molecular formula is C27H31NO3S. The number of thioether (sulfide) groups is 1. The Morgan fingerprint density at radius 2 is 1.59 bits per heavy atom. The van der Waals surface area contributed by atoms with E-state index in [1.165, 1.54) is 5.56 Å². The molecule has 168 valence electrons. The summed E-state index contributed by atoms with van der Waals surface area (Å²) in [7, 11) is 0. The zero-order valence-electron chi connectivity index (χ0n) is 18.8. The standard InChI is InChI=1S/C27H31NO3S/c1-18(2)32-25-17-23(13-14-24(25)27(30)31)21-11-9-20(10-12-21)15-16-28-19(3)26(29)22-7-5-4-6-8-22/h4-14,17-19,26,28-29H,15-16H2,1-3H3,(H,30,31)/t19-,26-/m0/s1. The molecule has 0 fully saturated rings. The molecule has 32 heavy (non-hydrogen) atoms. The molecule has 3 N–H and O–H groups in total. The van der Waals surface area contributed by atoms with Crippen molar-refractivity contribution >= 4 is 17.7 Å². The van der Waals surface area contributed by atoms with Crippen molar-refractivity contribution in [2.75, 3.05) is 6.54 Å². The summed E-state index contributed by atoms with van der Waals surface area (Å²) in [6.45, 7) is 6.89. The van der Waals surface area contributed by atoms with Gasteiger partial charge in [-0.25, -0.2) is 4.79 Å².